The lowest BCUT2D eigenvalue weighted by atomic mass is 10.1. The minimum Gasteiger partial charge on any atom is -0.465 e. The van der Waals surface area contributed by atoms with Crippen molar-refractivity contribution < 1.29 is 23.9 Å². The molecule has 0 spiro atoms. The van der Waals surface area contributed by atoms with Crippen LogP contribution in [0.5, 0.6) is 0 Å². The third-order valence-corrected chi connectivity index (χ3v) is 4.32. The van der Waals surface area contributed by atoms with E-state index in [9.17, 15) is 14.4 Å². The number of amides is 1. The highest BCUT2D eigenvalue weighted by molar-refractivity contribution is 5.99. The van der Waals surface area contributed by atoms with Crippen LogP contribution in [0.4, 0.5) is 0 Å². The molecule has 1 heterocycles. The zero-order valence-corrected chi connectivity index (χ0v) is 16.2. The number of H-pyrrole nitrogens is 1. The monoisotopic (exact) mass is 372 g/mol. The molecule has 1 N–H and O–H groups in total. The number of benzene rings is 1. The predicted octanol–water partition coefficient (Wildman–Crippen LogP) is 2.54. The van der Waals surface area contributed by atoms with Crippen molar-refractivity contribution in [1.29, 1.82) is 0 Å². The molecule has 0 saturated heterocycles. The summed E-state index contributed by atoms with van der Waals surface area (Å²) in [5.41, 5.74) is 3.51. The largest absolute Gasteiger partial charge is 0.465 e. The number of nitrogens with one attached hydrogen (secondary N) is 1. The molecule has 1 aromatic carbocycles. The first-order chi connectivity index (χ1) is 12.7. The minimum absolute atomic E-state index is 0.141. The summed E-state index contributed by atoms with van der Waals surface area (Å²) in [7, 11) is 2.92. The van der Waals surface area contributed by atoms with E-state index >= 15 is 0 Å². The normalized spacial score (nSPS) is 10.4. The number of carbonyl (C=O) groups is 3. The number of rotatable bonds is 6. The van der Waals surface area contributed by atoms with Gasteiger partial charge in [0.15, 0.2) is 6.61 Å². The Morgan fingerprint density at radius 2 is 1.67 bits per heavy atom. The summed E-state index contributed by atoms with van der Waals surface area (Å²) in [6, 6.07) is 7.85. The van der Waals surface area contributed by atoms with Crippen molar-refractivity contribution in [3.63, 3.8) is 0 Å². The maximum Gasteiger partial charge on any atom is 0.355 e. The molecule has 0 aliphatic heterocycles. The van der Waals surface area contributed by atoms with E-state index in [1.165, 1.54) is 12.0 Å². The number of hydrogen-bond acceptors (Lipinski definition) is 5. The second kappa shape index (κ2) is 8.53. The highest BCUT2D eigenvalue weighted by Gasteiger charge is 2.24. The number of hydrogen-bond donors (Lipinski definition) is 1. The molecule has 1 aromatic heterocycles. The number of carbonyl (C=O) groups excluding carboxylic acids is 3. The van der Waals surface area contributed by atoms with E-state index in [-0.39, 0.29) is 18.2 Å². The molecule has 0 aliphatic rings. The van der Waals surface area contributed by atoms with Gasteiger partial charge in [0.25, 0.3) is 5.91 Å². The van der Waals surface area contributed by atoms with Crippen LogP contribution in [0.1, 0.15) is 43.2 Å². The second-order valence-corrected chi connectivity index (χ2v) is 6.43. The van der Waals surface area contributed by atoms with Crippen molar-refractivity contribution in [2.75, 3.05) is 20.8 Å². The Morgan fingerprint density at radius 3 is 2.26 bits per heavy atom. The average molecular weight is 372 g/mol. The van der Waals surface area contributed by atoms with Gasteiger partial charge in [0.1, 0.15) is 5.69 Å². The zero-order chi connectivity index (χ0) is 20.1. The lowest BCUT2D eigenvalue weighted by Gasteiger charge is -2.17. The summed E-state index contributed by atoms with van der Waals surface area (Å²) in [5, 5.41) is 0. The van der Waals surface area contributed by atoms with Crippen LogP contribution in [0.2, 0.25) is 0 Å². The number of aromatic nitrogens is 1. The van der Waals surface area contributed by atoms with Crippen molar-refractivity contribution in [1.82, 2.24) is 9.88 Å². The van der Waals surface area contributed by atoms with Crippen LogP contribution in [0.25, 0.3) is 0 Å². The van der Waals surface area contributed by atoms with Gasteiger partial charge >= 0.3 is 11.9 Å². The van der Waals surface area contributed by atoms with E-state index in [0.717, 1.165) is 11.1 Å². The third-order valence-electron chi connectivity index (χ3n) is 4.32. The van der Waals surface area contributed by atoms with E-state index < -0.39 is 11.9 Å². The molecule has 0 bridgehead atoms. The first kappa shape index (κ1) is 20.2. The Balaban J connectivity index is 1.97. The fourth-order valence-corrected chi connectivity index (χ4v) is 2.73. The highest BCUT2D eigenvalue weighted by Crippen LogP contribution is 2.19. The summed E-state index contributed by atoms with van der Waals surface area (Å²) in [4.78, 5) is 40.6. The fraction of sp³-hybridized carbons (Fsp3) is 0.350. The molecule has 0 radical (unpaired) electrons. The Morgan fingerprint density at radius 1 is 1.04 bits per heavy atom. The van der Waals surface area contributed by atoms with Crippen LogP contribution in [-0.4, -0.2) is 48.5 Å². The molecule has 2 rings (SSSR count). The molecule has 0 fully saturated rings. The number of likely N-dealkylation sites (N-methyl/N-ethyl adjacent to an activating group) is 1. The van der Waals surface area contributed by atoms with Crippen molar-refractivity contribution in [2.24, 2.45) is 0 Å². The number of aryl methyl sites for hydroxylation is 2. The molecule has 27 heavy (non-hydrogen) atoms. The minimum atomic E-state index is -0.692. The van der Waals surface area contributed by atoms with E-state index in [1.54, 1.807) is 20.9 Å². The molecule has 0 unspecified atom stereocenters. The van der Waals surface area contributed by atoms with Gasteiger partial charge in [-0.15, -0.1) is 0 Å². The van der Waals surface area contributed by atoms with Crippen LogP contribution in [0.3, 0.4) is 0 Å². The van der Waals surface area contributed by atoms with Crippen molar-refractivity contribution in [3.8, 4) is 0 Å². The van der Waals surface area contributed by atoms with Crippen LogP contribution in [-0.2, 0) is 20.8 Å². The van der Waals surface area contributed by atoms with Gasteiger partial charge in [0.05, 0.1) is 12.7 Å². The Labute approximate surface area is 158 Å². The summed E-state index contributed by atoms with van der Waals surface area (Å²) in [6.45, 7) is 5.32. The van der Waals surface area contributed by atoms with Crippen LogP contribution < -0.4 is 0 Å². The van der Waals surface area contributed by atoms with Crippen LogP contribution in [0.15, 0.2) is 24.3 Å². The molecule has 1 amide bonds. The predicted molar refractivity (Wildman–Crippen MR) is 99.5 cm³/mol. The van der Waals surface area contributed by atoms with Gasteiger partial charge in [-0.2, -0.15) is 0 Å². The average Bonchev–Trinajstić information content (AvgIpc) is 2.95. The summed E-state index contributed by atoms with van der Waals surface area (Å²) in [5.74, 6) is -1.55. The maximum atomic E-state index is 12.3. The van der Waals surface area contributed by atoms with Crippen molar-refractivity contribution >= 4 is 17.8 Å². The lowest BCUT2D eigenvalue weighted by Crippen LogP contribution is -2.31. The number of esters is 2. The standard InChI is InChI=1S/C20H24N2O5/c1-12-6-8-15(9-7-12)10-22(4)16(23)11-27-20(25)18-13(2)17(14(3)21-18)19(24)26-5/h6-9,21H,10-11H2,1-5H3. The fourth-order valence-electron chi connectivity index (χ4n) is 2.73. The number of aromatic amines is 1. The van der Waals surface area contributed by atoms with E-state index in [4.69, 9.17) is 9.47 Å². The van der Waals surface area contributed by atoms with Crippen LogP contribution in [0, 0.1) is 20.8 Å². The quantitative estimate of drug-likeness (QED) is 0.787. The molecule has 2 aromatic rings. The molecule has 7 nitrogen and oxygen atoms in total. The number of ether oxygens (including phenoxy) is 2. The number of methoxy groups -OCH3 is 1. The third kappa shape index (κ3) is 4.75. The Kier molecular flexibility index (Phi) is 6.39. The molecule has 0 atom stereocenters. The zero-order valence-electron chi connectivity index (χ0n) is 16.2. The molecule has 0 saturated carbocycles. The van der Waals surface area contributed by atoms with Crippen LogP contribution >= 0.6 is 0 Å². The number of nitrogens with zero attached hydrogens (tertiary/aromatic N) is 1. The smallest absolute Gasteiger partial charge is 0.355 e. The molecular formula is C20H24N2O5. The first-order valence-electron chi connectivity index (χ1n) is 8.48. The highest BCUT2D eigenvalue weighted by atomic mass is 16.5. The van der Waals surface area contributed by atoms with Crippen molar-refractivity contribution in [3.05, 3.63) is 57.9 Å². The maximum absolute atomic E-state index is 12.3. The van der Waals surface area contributed by atoms with E-state index in [0.29, 0.717) is 23.4 Å². The Bertz CT molecular complexity index is 852. The van der Waals surface area contributed by atoms with E-state index in [1.807, 2.05) is 31.2 Å². The van der Waals surface area contributed by atoms with E-state index in [2.05, 4.69) is 4.98 Å². The Hall–Kier alpha value is -3.09. The summed E-state index contributed by atoms with van der Waals surface area (Å²) >= 11 is 0. The van der Waals surface area contributed by atoms with Crippen molar-refractivity contribution in [2.45, 2.75) is 27.3 Å². The molecule has 144 valence electrons. The molecule has 0 aliphatic carbocycles. The summed E-state index contributed by atoms with van der Waals surface area (Å²) < 4.78 is 9.83. The van der Waals surface area contributed by atoms with Gasteiger partial charge in [-0.25, -0.2) is 9.59 Å². The van der Waals surface area contributed by atoms with Gasteiger partial charge in [0.2, 0.25) is 0 Å². The lowest BCUT2D eigenvalue weighted by molar-refractivity contribution is -0.133. The topological polar surface area (TPSA) is 88.7 Å². The molecular weight excluding hydrogens is 348 g/mol. The van der Waals surface area contributed by atoms with Gasteiger partial charge in [0, 0.05) is 19.3 Å². The summed E-state index contributed by atoms with van der Waals surface area (Å²) in [6.07, 6.45) is 0. The van der Waals surface area contributed by atoms with Gasteiger partial charge in [-0.1, -0.05) is 29.8 Å². The van der Waals surface area contributed by atoms with Gasteiger partial charge in [-0.05, 0) is 31.9 Å². The SMILES string of the molecule is COC(=O)c1c(C)[nH]c(C(=O)OCC(=O)N(C)Cc2ccc(C)cc2)c1C. The van der Waals surface area contributed by atoms with Gasteiger partial charge in [-0.3, -0.25) is 4.79 Å². The van der Waals surface area contributed by atoms with Gasteiger partial charge < -0.3 is 19.4 Å². The second-order valence-electron chi connectivity index (χ2n) is 6.43. The first-order valence-corrected chi connectivity index (χ1v) is 8.48. The molecule has 7 heteroatoms.